The van der Waals surface area contributed by atoms with E-state index in [1.54, 1.807) is 0 Å². The van der Waals surface area contributed by atoms with Gasteiger partial charge in [0.25, 0.3) is 0 Å². The third kappa shape index (κ3) is 4.44. The van der Waals surface area contributed by atoms with Gasteiger partial charge in [0.05, 0.1) is 0 Å². The van der Waals surface area contributed by atoms with Crippen LogP contribution in [0.3, 0.4) is 0 Å². The summed E-state index contributed by atoms with van der Waals surface area (Å²) in [5.41, 5.74) is 0.232. The number of nitrogens with one attached hydrogen (secondary N) is 1. The molecule has 2 aliphatic rings. The Balaban J connectivity index is 1.81. The summed E-state index contributed by atoms with van der Waals surface area (Å²) >= 11 is 0. The second-order valence-corrected chi connectivity index (χ2v) is 8.03. The lowest BCUT2D eigenvalue weighted by Gasteiger charge is -2.47. The summed E-state index contributed by atoms with van der Waals surface area (Å²) < 4.78 is 0. The number of fused-ring (bicyclic) bond motifs is 1. The zero-order chi connectivity index (χ0) is 14.8. The molecule has 1 N–H and O–H groups in total. The van der Waals surface area contributed by atoms with Crippen LogP contribution >= 0.6 is 0 Å². The van der Waals surface area contributed by atoms with Crippen molar-refractivity contribution < 1.29 is 0 Å². The van der Waals surface area contributed by atoms with Gasteiger partial charge < -0.3 is 5.32 Å². The smallest absolute Gasteiger partial charge is 0.0223 e. The van der Waals surface area contributed by atoms with Crippen molar-refractivity contribution >= 4 is 0 Å². The molecule has 2 fully saturated rings. The molecular weight excluding hydrogens is 246 g/mol. The quantitative estimate of drug-likeness (QED) is 0.854. The topological polar surface area (TPSA) is 18.5 Å². The van der Waals surface area contributed by atoms with E-state index < -0.39 is 0 Å². The van der Waals surface area contributed by atoms with E-state index in [2.05, 4.69) is 49.7 Å². The molecule has 0 aromatic heterocycles. The molecule has 0 spiro atoms. The van der Waals surface area contributed by atoms with Gasteiger partial charge in [-0.15, -0.1) is 0 Å². The highest BCUT2D eigenvalue weighted by atomic mass is 15.3. The maximum absolute atomic E-state index is 3.66. The molecule has 20 heavy (non-hydrogen) atoms. The number of nitrogens with zero attached hydrogens (tertiary/aromatic N) is 2. The Morgan fingerprint density at radius 3 is 2.55 bits per heavy atom. The maximum atomic E-state index is 3.66. The van der Waals surface area contributed by atoms with Gasteiger partial charge in [-0.1, -0.05) is 13.3 Å². The fourth-order valence-corrected chi connectivity index (χ4v) is 3.55. The van der Waals surface area contributed by atoms with E-state index in [1.165, 1.54) is 45.4 Å². The number of piperazine rings is 1. The standard InChI is InChI=1S/C17H35N3/c1-14(12-18-17(3,4)5)15(2)20-11-10-19-9-7-6-8-16(19)13-20/h14-16,18H,6-13H2,1-5H3. The van der Waals surface area contributed by atoms with Crippen molar-refractivity contribution in [3.05, 3.63) is 0 Å². The van der Waals surface area contributed by atoms with Gasteiger partial charge in [0.15, 0.2) is 0 Å². The van der Waals surface area contributed by atoms with Gasteiger partial charge in [-0.05, 0) is 59.5 Å². The third-order valence-corrected chi connectivity index (χ3v) is 5.22. The van der Waals surface area contributed by atoms with E-state index in [0.29, 0.717) is 12.0 Å². The fourth-order valence-electron chi connectivity index (χ4n) is 3.55. The molecule has 0 aromatic carbocycles. The van der Waals surface area contributed by atoms with E-state index in [-0.39, 0.29) is 5.54 Å². The second-order valence-electron chi connectivity index (χ2n) is 8.03. The summed E-state index contributed by atoms with van der Waals surface area (Å²) in [5.74, 6) is 0.712. The molecule has 3 nitrogen and oxygen atoms in total. The van der Waals surface area contributed by atoms with Crippen molar-refractivity contribution in [2.24, 2.45) is 5.92 Å². The summed E-state index contributed by atoms with van der Waals surface area (Å²) in [6.07, 6.45) is 4.26. The number of hydrogen-bond donors (Lipinski definition) is 1. The Bertz CT molecular complexity index is 297. The summed E-state index contributed by atoms with van der Waals surface area (Å²) in [5, 5.41) is 3.66. The predicted molar refractivity (Wildman–Crippen MR) is 87.2 cm³/mol. The van der Waals surface area contributed by atoms with Crippen LogP contribution in [0.5, 0.6) is 0 Å². The van der Waals surface area contributed by atoms with Crippen LogP contribution in [0.15, 0.2) is 0 Å². The minimum atomic E-state index is 0.232. The summed E-state index contributed by atoms with van der Waals surface area (Å²) in [6.45, 7) is 17.9. The van der Waals surface area contributed by atoms with E-state index in [0.717, 1.165) is 12.6 Å². The van der Waals surface area contributed by atoms with Crippen LogP contribution in [-0.4, -0.2) is 60.1 Å². The molecule has 2 aliphatic heterocycles. The molecule has 0 bridgehead atoms. The number of rotatable bonds is 4. The first kappa shape index (κ1) is 16.3. The molecule has 2 heterocycles. The van der Waals surface area contributed by atoms with Crippen LogP contribution in [0, 0.1) is 5.92 Å². The molecule has 0 saturated carbocycles. The van der Waals surface area contributed by atoms with Gasteiger partial charge in [0.1, 0.15) is 0 Å². The van der Waals surface area contributed by atoms with E-state index in [9.17, 15) is 0 Å². The highest BCUT2D eigenvalue weighted by Crippen LogP contribution is 2.23. The molecule has 0 radical (unpaired) electrons. The summed E-state index contributed by atoms with van der Waals surface area (Å²) in [6, 6.07) is 1.52. The first-order valence-corrected chi connectivity index (χ1v) is 8.60. The molecule has 3 atom stereocenters. The lowest BCUT2D eigenvalue weighted by atomic mass is 9.95. The van der Waals surface area contributed by atoms with Crippen molar-refractivity contribution in [1.29, 1.82) is 0 Å². The second kappa shape index (κ2) is 6.76. The van der Waals surface area contributed by atoms with Gasteiger partial charge in [-0.2, -0.15) is 0 Å². The lowest BCUT2D eigenvalue weighted by molar-refractivity contribution is 0.0187. The summed E-state index contributed by atoms with van der Waals surface area (Å²) in [4.78, 5) is 5.46. The highest BCUT2D eigenvalue weighted by molar-refractivity contribution is 4.88. The van der Waals surface area contributed by atoms with Gasteiger partial charge in [-0.3, -0.25) is 9.80 Å². The Morgan fingerprint density at radius 1 is 1.10 bits per heavy atom. The van der Waals surface area contributed by atoms with Crippen molar-refractivity contribution in [2.45, 2.75) is 71.5 Å². The average Bonchev–Trinajstić information content (AvgIpc) is 2.42. The zero-order valence-corrected chi connectivity index (χ0v) is 14.3. The predicted octanol–water partition coefficient (Wildman–Crippen LogP) is 2.57. The van der Waals surface area contributed by atoms with Crippen molar-refractivity contribution in [3.8, 4) is 0 Å². The van der Waals surface area contributed by atoms with Gasteiger partial charge in [0.2, 0.25) is 0 Å². The Hall–Kier alpha value is -0.120. The molecule has 0 aromatic rings. The maximum Gasteiger partial charge on any atom is 0.0223 e. The Morgan fingerprint density at radius 2 is 1.85 bits per heavy atom. The first-order valence-electron chi connectivity index (χ1n) is 8.60. The van der Waals surface area contributed by atoms with Gasteiger partial charge in [0, 0.05) is 37.3 Å². The summed E-state index contributed by atoms with van der Waals surface area (Å²) in [7, 11) is 0. The molecule has 0 amide bonds. The SMILES string of the molecule is CC(CNC(C)(C)C)C(C)N1CCN2CCCCC2C1. The van der Waals surface area contributed by atoms with Crippen molar-refractivity contribution in [2.75, 3.05) is 32.7 Å². The van der Waals surface area contributed by atoms with Crippen molar-refractivity contribution in [3.63, 3.8) is 0 Å². The molecule has 3 heteroatoms. The zero-order valence-electron chi connectivity index (χ0n) is 14.3. The van der Waals surface area contributed by atoms with E-state index in [1.807, 2.05) is 0 Å². The molecule has 2 saturated heterocycles. The highest BCUT2D eigenvalue weighted by Gasteiger charge is 2.32. The van der Waals surface area contributed by atoms with Crippen LogP contribution in [-0.2, 0) is 0 Å². The molecule has 3 unspecified atom stereocenters. The monoisotopic (exact) mass is 281 g/mol. The van der Waals surface area contributed by atoms with Crippen LogP contribution in [0.4, 0.5) is 0 Å². The van der Waals surface area contributed by atoms with Crippen LogP contribution in [0.2, 0.25) is 0 Å². The lowest BCUT2D eigenvalue weighted by Crippen LogP contribution is -2.58. The van der Waals surface area contributed by atoms with Crippen molar-refractivity contribution in [1.82, 2.24) is 15.1 Å². The molecular formula is C17H35N3. The van der Waals surface area contributed by atoms with Gasteiger partial charge in [-0.25, -0.2) is 0 Å². The van der Waals surface area contributed by atoms with Crippen LogP contribution < -0.4 is 5.32 Å². The minimum Gasteiger partial charge on any atom is -0.312 e. The average molecular weight is 281 g/mol. The molecule has 2 rings (SSSR count). The molecule has 0 aliphatic carbocycles. The van der Waals surface area contributed by atoms with E-state index >= 15 is 0 Å². The fraction of sp³-hybridized carbons (Fsp3) is 1.00. The van der Waals surface area contributed by atoms with Crippen LogP contribution in [0.25, 0.3) is 0 Å². The number of hydrogen-bond acceptors (Lipinski definition) is 3. The number of piperidine rings is 1. The normalized spacial score (nSPS) is 28.9. The minimum absolute atomic E-state index is 0.232. The Labute approximate surface area is 126 Å². The largest absolute Gasteiger partial charge is 0.312 e. The third-order valence-electron chi connectivity index (χ3n) is 5.22. The molecule has 118 valence electrons. The van der Waals surface area contributed by atoms with Gasteiger partial charge >= 0.3 is 0 Å². The van der Waals surface area contributed by atoms with E-state index in [4.69, 9.17) is 0 Å². The first-order chi connectivity index (χ1) is 9.37. The van der Waals surface area contributed by atoms with Crippen LogP contribution in [0.1, 0.15) is 53.9 Å². The Kier molecular flexibility index (Phi) is 5.49.